The molecule has 0 aliphatic heterocycles. The summed E-state index contributed by atoms with van der Waals surface area (Å²) in [6.07, 6.45) is 0.247. The molecule has 16 heteroatoms. The van der Waals surface area contributed by atoms with Crippen molar-refractivity contribution in [1.82, 2.24) is 0 Å². The van der Waals surface area contributed by atoms with Crippen molar-refractivity contribution in [3.63, 3.8) is 0 Å². The molecule has 4 rings (SSSR count). The number of nitrogens with one attached hydrogen (secondary N) is 2. The summed E-state index contributed by atoms with van der Waals surface area (Å²) in [4.78, 5) is 40.2. The number of quaternary nitrogens is 2. The number of hydrogen-bond donors (Lipinski definition) is 6. The molecule has 0 aliphatic carbocycles. The van der Waals surface area contributed by atoms with Crippen LogP contribution in [-0.2, 0) is 30.3 Å². The smallest absolute Gasteiger partial charge is 0.211 e. The molecule has 0 saturated heterocycles. The van der Waals surface area contributed by atoms with Gasteiger partial charge in [0.1, 0.15) is 59.4 Å². The summed E-state index contributed by atoms with van der Waals surface area (Å²) in [6, 6.07) is 25.4. The standard InChI is InChI=1S/2C21H28N2O4.C4H4O4/c2*1-21(2,16-7-9-17(27-5)10-8-16)23(3,4)13-20(26)15-6-11-19(25)18(12-15)22-14-24;5-3(6)1-2-4(7)8/h2*6-12,14,20,26H,13H2,1-5H3,(H-,22,24,25);1-2H,(H,5,6)(H,7,8)/b;;2-1+. The Morgan fingerprint density at radius 1 is 0.613 bits per heavy atom. The molecule has 62 heavy (non-hydrogen) atoms. The molecule has 0 spiro atoms. The van der Waals surface area contributed by atoms with Crippen molar-refractivity contribution in [3.05, 3.63) is 119 Å². The normalized spacial score (nSPS) is 12.6. The van der Waals surface area contributed by atoms with E-state index in [2.05, 4.69) is 66.5 Å². The van der Waals surface area contributed by atoms with Crippen LogP contribution in [0, 0.1) is 0 Å². The number of carbonyl (C=O) groups is 4. The van der Waals surface area contributed by atoms with Crippen LogP contribution >= 0.6 is 0 Å². The fraction of sp³-hybridized carbons (Fsp3) is 0.348. The van der Waals surface area contributed by atoms with Crippen LogP contribution in [0.1, 0.15) is 62.2 Å². The van der Waals surface area contributed by atoms with E-state index >= 15 is 0 Å². The van der Waals surface area contributed by atoms with Gasteiger partial charge in [0.2, 0.25) is 12.8 Å². The minimum Gasteiger partial charge on any atom is -0.545 e. The molecule has 4 aromatic carbocycles. The zero-order valence-corrected chi connectivity index (χ0v) is 36.9. The number of carbonyl (C=O) groups excluding carboxylic acids is 4. The summed E-state index contributed by atoms with van der Waals surface area (Å²) < 4.78 is 11.5. The van der Waals surface area contributed by atoms with Gasteiger partial charge in [-0.25, -0.2) is 0 Å². The van der Waals surface area contributed by atoms with Crippen LogP contribution in [0.3, 0.4) is 0 Å². The van der Waals surface area contributed by atoms with Crippen LogP contribution in [0.15, 0.2) is 97.1 Å². The highest BCUT2D eigenvalue weighted by Gasteiger charge is 2.41. The van der Waals surface area contributed by atoms with Crippen molar-refractivity contribution in [3.8, 4) is 23.0 Å². The van der Waals surface area contributed by atoms with Gasteiger partial charge in [-0.15, -0.1) is 0 Å². The Balaban J connectivity index is 0.000000363. The Bertz CT molecular complexity index is 1980. The third-order valence-electron chi connectivity index (χ3n) is 11.5. The van der Waals surface area contributed by atoms with Crippen molar-refractivity contribution in [2.45, 2.75) is 51.0 Å². The van der Waals surface area contributed by atoms with E-state index in [9.17, 15) is 49.8 Å². The third kappa shape index (κ3) is 14.1. The average molecular weight is 861 g/mol. The monoisotopic (exact) mass is 860 g/mol. The predicted molar refractivity (Wildman–Crippen MR) is 231 cm³/mol. The van der Waals surface area contributed by atoms with Crippen molar-refractivity contribution < 1.29 is 68.3 Å². The summed E-state index contributed by atoms with van der Waals surface area (Å²) in [5.74, 6) is -1.56. The van der Waals surface area contributed by atoms with E-state index in [0.29, 0.717) is 58.2 Å². The average Bonchev–Trinajstić information content (AvgIpc) is 3.21. The SMILES string of the molecule is COc1ccc(C(C)(C)[N+](C)(C)CC(O)c2ccc(O)c(NC=O)c2)cc1.COc1ccc(C(C)(C)[N+](C)(C)CC(O)c2ccc(O)c(NC=O)c2)cc1.O=C([O-])/C=C/C(=O)[O-]. The van der Waals surface area contributed by atoms with Crippen LogP contribution < -0.4 is 30.3 Å². The van der Waals surface area contributed by atoms with Gasteiger partial charge in [0, 0.05) is 11.1 Å². The van der Waals surface area contributed by atoms with Gasteiger partial charge in [0.25, 0.3) is 0 Å². The number of hydrogen-bond acceptors (Lipinski definition) is 12. The highest BCUT2D eigenvalue weighted by atomic mass is 16.5. The number of methoxy groups -OCH3 is 2. The molecule has 16 nitrogen and oxygen atoms in total. The van der Waals surface area contributed by atoms with Gasteiger partial charge >= 0.3 is 0 Å². The number of amides is 2. The zero-order chi connectivity index (χ0) is 47.1. The minimum atomic E-state index is -1.55. The second kappa shape index (κ2) is 22.4. The summed E-state index contributed by atoms with van der Waals surface area (Å²) >= 11 is 0. The Hall–Kier alpha value is -6.46. The number of aliphatic hydroxyl groups excluding tert-OH is 2. The van der Waals surface area contributed by atoms with Crippen molar-refractivity contribution in [2.24, 2.45) is 0 Å². The van der Waals surface area contributed by atoms with Gasteiger partial charge in [-0.3, -0.25) is 9.59 Å². The maximum Gasteiger partial charge on any atom is 0.211 e. The lowest BCUT2D eigenvalue weighted by Crippen LogP contribution is -2.55. The second-order valence-corrected chi connectivity index (χ2v) is 16.4. The fourth-order valence-electron chi connectivity index (χ4n) is 6.24. The van der Waals surface area contributed by atoms with Crippen LogP contribution in [0.25, 0.3) is 0 Å². The first-order valence-corrected chi connectivity index (χ1v) is 19.3. The summed E-state index contributed by atoms with van der Waals surface area (Å²) in [5.41, 5.74) is 3.55. The maximum atomic E-state index is 10.8. The lowest BCUT2D eigenvalue weighted by atomic mass is 9.89. The number of aliphatic hydroxyl groups is 2. The lowest BCUT2D eigenvalue weighted by Gasteiger charge is -2.46. The van der Waals surface area contributed by atoms with Crippen molar-refractivity contribution in [1.29, 1.82) is 0 Å². The Morgan fingerprint density at radius 3 is 1.18 bits per heavy atom. The van der Waals surface area contributed by atoms with E-state index in [-0.39, 0.29) is 34.0 Å². The molecule has 6 N–H and O–H groups in total. The molecule has 336 valence electrons. The Morgan fingerprint density at radius 2 is 0.919 bits per heavy atom. The van der Waals surface area contributed by atoms with E-state index in [1.54, 1.807) is 38.5 Å². The van der Waals surface area contributed by atoms with Crippen LogP contribution in [0.5, 0.6) is 23.0 Å². The maximum absolute atomic E-state index is 10.8. The number of anilines is 2. The van der Waals surface area contributed by atoms with Crippen LogP contribution in [-0.4, -0.2) is 110 Å². The third-order valence-corrected chi connectivity index (χ3v) is 11.5. The first-order chi connectivity index (χ1) is 28.9. The van der Waals surface area contributed by atoms with E-state index in [4.69, 9.17) is 9.47 Å². The number of carboxylic acid groups (broad SMARTS) is 2. The summed E-state index contributed by atoms with van der Waals surface area (Å²) in [7, 11) is 11.6. The quantitative estimate of drug-likeness (QED) is 0.0367. The predicted octanol–water partition coefficient (Wildman–Crippen LogP) is 3.07. The number of rotatable bonds is 18. The molecule has 0 aliphatic rings. The number of likely N-dealkylation sites (N-methyl/N-ethyl adjacent to an activating group) is 2. The van der Waals surface area contributed by atoms with E-state index in [0.717, 1.165) is 22.6 Å². The molecule has 0 fully saturated rings. The molecular formula is C46H60N4O12. The number of benzene rings is 4. The van der Waals surface area contributed by atoms with Crippen molar-refractivity contribution in [2.75, 3.05) is 66.1 Å². The summed E-state index contributed by atoms with van der Waals surface area (Å²) in [5, 5.41) is 64.9. The number of phenols is 2. The first kappa shape index (κ1) is 51.7. The fourth-order valence-corrected chi connectivity index (χ4v) is 6.24. The highest BCUT2D eigenvalue weighted by molar-refractivity contribution is 5.87. The number of nitrogens with zero attached hydrogens (tertiary/aromatic N) is 2. The van der Waals surface area contributed by atoms with Crippen LogP contribution in [0.4, 0.5) is 11.4 Å². The van der Waals surface area contributed by atoms with Crippen molar-refractivity contribution >= 4 is 36.1 Å². The highest BCUT2D eigenvalue weighted by Crippen LogP contribution is 2.37. The minimum absolute atomic E-state index is 0.0367. The molecule has 2 amide bonds. The van der Waals surface area contributed by atoms with Gasteiger partial charge in [-0.1, -0.05) is 12.1 Å². The molecular weight excluding hydrogens is 801 g/mol. The zero-order valence-electron chi connectivity index (χ0n) is 36.9. The summed E-state index contributed by atoms with van der Waals surface area (Å²) in [6.45, 7) is 9.44. The van der Waals surface area contributed by atoms with Gasteiger partial charge in [0.15, 0.2) is 0 Å². The molecule has 2 atom stereocenters. The lowest BCUT2D eigenvalue weighted by molar-refractivity contribution is -0.948. The molecule has 0 heterocycles. The van der Waals surface area contributed by atoms with Gasteiger partial charge < -0.3 is 69.3 Å². The van der Waals surface area contributed by atoms with Gasteiger partial charge in [-0.2, -0.15) is 0 Å². The second-order valence-electron chi connectivity index (χ2n) is 16.4. The van der Waals surface area contributed by atoms with E-state index in [1.807, 2.05) is 48.5 Å². The molecule has 0 aromatic heterocycles. The molecule has 4 aromatic rings. The number of carboxylic acids is 2. The molecule has 0 bridgehead atoms. The van der Waals surface area contributed by atoms with Gasteiger partial charge in [0.05, 0.1) is 65.7 Å². The van der Waals surface area contributed by atoms with Crippen LogP contribution in [0.2, 0.25) is 0 Å². The first-order valence-electron chi connectivity index (χ1n) is 19.3. The molecule has 2 unspecified atom stereocenters. The largest absolute Gasteiger partial charge is 0.545 e. The number of aliphatic carboxylic acids is 2. The Kier molecular flexibility index (Phi) is 18.7. The molecule has 0 saturated carbocycles. The Labute approximate surface area is 363 Å². The van der Waals surface area contributed by atoms with E-state index in [1.165, 1.54) is 12.1 Å². The van der Waals surface area contributed by atoms with E-state index < -0.39 is 24.1 Å². The number of phenolic OH excluding ortho intramolecular Hbond substituents is 2. The number of aromatic hydroxyl groups is 2. The molecule has 0 radical (unpaired) electrons. The topological polar surface area (TPSA) is 238 Å². The number of ether oxygens (including phenoxy) is 2. The van der Waals surface area contributed by atoms with Gasteiger partial charge in [-0.05, 0) is 124 Å².